The number of H-pyrrole nitrogens is 1. The number of piperidine rings is 1. The number of aliphatic hydroxyl groups is 1. The molecular formula is C39H46N6O5S2. The second-order valence-corrected chi connectivity index (χ2v) is 15.6. The third-order valence-corrected chi connectivity index (χ3v) is 12.3. The van der Waals surface area contributed by atoms with Crippen LogP contribution in [0.15, 0.2) is 70.2 Å². The number of aromatic nitrogens is 1. The van der Waals surface area contributed by atoms with E-state index in [1.54, 1.807) is 24.3 Å². The minimum Gasteiger partial charge on any atom is -0.506 e. The summed E-state index contributed by atoms with van der Waals surface area (Å²) in [7, 11) is 0. The Morgan fingerprint density at radius 2 is 1.77 bits per heavy atom. The number of carbonyl (C=O) groups excluding carboxylic acids is 1. The molecular weight excluding hydrogens is 697 g/mol. The van der Waals surface area contributed by atoms with E-state index >= 15 is 0 Å². The smallest absolute Gasteiger partial charge is 0.349 e. The van der Waals surface area contributed by atoms with Crippen molar-refractivity contribution in [3.8, 4) is 5.75 Å². The van der Waals surface area contributed by atoms with E-state index < -0.39 is 11.6 Å². The molecule has 3 aromatic heterocycles. The molecule has 5 aromatic rings. The Bertz CT molecular complexity index is 2020. The number of nitrogen functional groups attached to an aromatic ring is 1. The lowest BCUT2D eigenvalue weighted by Gasteiger charge is -2.34. The Morgan fingerprint density at radius 3 is 2.48 bits per heavy atom. The minimum atomic E-state index is -1.78. The molecule has 0 unspecified atom stereocenters. The zero-order chi connectivity index (χ0) is 36.2. The summed E-state index contributed by atoms with van der Waals surface area (Å²) in [4.78, 5) is 31.4. The van der Waals surface area contributed by atoms with Crippen molar-refractivity contribution in [3.63, 3.8) is 0 Å². The number of likely N-dealkylation sites (tertiary alicyclic amines) is 1. The number of thiophene rings is 2. The number of hydrazine groups is 1. The van der Waals surface area contributed by atoms with Crippen molar-refractivity contribution in [2.75, 3.05) is 43.5 Å². The number of nitrogens with two attached hydrogens (primary N) is 2. The molecule has 0 amide bonds. The number of aromatic amines is 1. The van der Waals surface area contributed by atoms with Gasteiger partial charge in [0.1, 0.15) is 11.9 Å². The number of nitrogens with zero attached hydrogens (tertiary/aromatic N) is 2. The summed E-state index contributed by atoms with van der Waals surface area (Å²) >= 11 is 2.70. The Labute approximate surface area is 310 Å². The number of pyridine rings is 1. The maximum Gasteiger partial charge on any atom is 0.349 e. The lowest BCUT2D eigenvalue weighted by molar-refractivity contribution is -0.169. The molecule has 0 atom stereocenters. The van der Waals surface area contributed by atoms with E-state index in [2.05, 4.69) is 21.3 Å². The van der Waals surface area contributed by atoms with E-state index in [1.165, 1.54) is 45.4 Å². The van der Waals surface area contributed by atoms with Crippen LogP contribution in [0, 0.1) is 0 Å². The second kappa shape index (κ2) is 15.8. The van der Waals surface area contributed by atoms with Crippen LogP contribution in [0.5, 0.6) is 5.75 Å². The first-order chi connectivity index (χ1) is 25.2. The molecule has 1 aliphatic heterocycles. The molecule has 2 aliphatic rings. The van der Waals surface area contributed by atoms with E-state index in [0.29, 0.717) is 46.9 Å². The number of aromatic hydroxyl groups is 1. The SMILES string of the molecule is Nc1cc(CNCCc2ccc(O)c3[nH]c(=O)ccc23)c2c(c1N(N)CCCN1CCC(OC(=O)C(O)(c3cccs3)c3cccs3)CC1)CCC2. The molecule has 0 saturated carbocycles. The normalized spacial score (nSPS) is 15.3. The number of fused-ring (bicyclic) bond motifs is 2. The molecule has 0 radical (unpaired) electrons. The van der Waals surface area contributed by atoms with Crippen LogP contribution in [0.2, 0.25) is 0 Å². The van der Waals surface area contributed by atoms with Crippen LogP contribution < -0.4 is 27.5 Å². The lowest BCUT2D eigenvalue weighted by Crippen LogP contribution is -2.43. The van der Waals surface area contributed by atoms with Crippen molar-refractivity contribution in [1.29, 1.82) is 0 Å². The maximum absolute atomic E-state index is 13.4. The lowest BCUT2D eigenvalue weighted by atomic mass is 9.99. The number of benzene rings is 2. The average Bonchev–Trinajstić information content (AvgIpc) is 3.96. The van der Waals surface area contributed by atoms with Gasteiger partial charge in [-0.05, 0) is 121 Å². The van der Waals surface area contributed by atoms with Gasteiger partial charge in [0, 0.05) is 37.6 Å². The highest BCUT2D eigenvalue weighted by atomic mass is 32.1. The molecule has 0 spiro atoms. The van der Waals surface area contributed by atoms with Gasteiger partial charge in [-0.25, -0.2) is 10.6 Å². The molecule has 2 aromatic carbocycles. The van der Waals surface area contributed by atoms with Gasteiger partial charge in [-0.1, -0.05) is 18.2 Å². The van der Waals surface area contributed by atoms with Crippen LogP contribution in [0.25, 0.3) is 10.9 Å². The van der Waals surface area contributed by atoms with Crippen molar-refractivity contribution in [2.45, 2.75) is 63.2 Å². The van der Waals surface area contributed by atoms with Gasteiger partial charge in [0.15, 0.2) is 0 Å². The van der Waals surface area contributed by atoms with Crippen LogP contribution in [0.1, 0.15) is 57.7 Å². The summed E-state index contributed by atoms with van der Waals surface area (Å²) in [5.74, 6) is 6.15. The summed E-state index contributed by atoms with van der Waals surface area (Å²) in [6.45, 7) is 4.58. The molecule has 7 rings (SSSR count). The first-order valence-electron chi connectivity index (χ1n) is 18.0. The topological polar surface area (TPSA) is 170 Å². The van der Waals surface area contributed by atoms with Gasteiger partial charge in [0.25, 0.3) is 0 Å². The number of rotatable bonds is 14. The molecule has 4 heterocycles. The number of carbonyl (C=O) groups is 1. The second-order valence-electron chi connectivity index (χ2n) is 13.7. The van der Waals surface area contributed by atoms with Crippen molar-refractivity contribution >= 4 is 50.9 Å². The van der Waals surface area contributed by atoms with E-state index in [1.807, 2.05) is 34.0 Å². The summed E-state index contributed by atoms with van der Waals surface area (Å²) in [5.41, 5.74) is 11.6. The Kier molecular flexibility index (Phi) is 11.0. The van der Waals surface area contributed by atoms with Crippen molar-refractivity contribution in [2.24, 2.45) is 5.84 Å². The number of phenolic OH excluding ortho intramolecular Hbond substituents is 1. The first-order valence-corrected chi connectivity index (χ1v) is 19.7. The fourth-order valence-corrected chi connectivity index (χ4v) is 9.40. The highest BCUT2D eigenvalue weighted by Gasteiger charge is 2.45. The molecule has 1 saturated heterocycles. The van der Waals surface area contributed by atoms with Crippen molar-refractivity contribution < 1.29 is 19.7 Å². The van der Waals surface area contributed by atoms with Crippen LogP contribution in [0.4, 0.5) is 11.4 Å². The van der Waals surface area contributed by atoms with Gasteiger partial charge in [0.05, 0.1) is 26.6 Å². The van der Waals surface area contributed by atoms with E-state index in [9.17, 15) is 19.8 Å². The van der Waals surface area contributed by atoms with Crippen LogP contribution in [0.3, 0.4) is 0 Å². The van der Waals surface area contributed by atoms with Crippen molar-refractivity contribution in [1.82, 2.24) is 15.2 Å². The van der Waals surface area contributed by atoms with Gasteiger partial charge in [-0.2, -0.15) is 0 Å². The predicted octanol–water partition coefficient (Wildman–Crippen LogP) is 4.77. The van der Waals surface area contributed by atoms with Gasteiger partial charge >= 0.3 is 5.97 Å². The fourth-order valence-electron chi connectivity index (χ4n) is 7.69. The summed E-state index contributed by atoms with van der Waals surface area (Å²) in [5, 5.41) is 31.7. The molecule has 13 heteroatoms. The van der Waals surface area contributed by atoms with Gasteiger partial charge in [-0.15, -0.1) is 22.7 Å². The Morgan fingerprint density at radius 1 is 1.04 bits per heavy atom. The summed E-state index contributed by atoms with van der Waals surface area (Å²) in [6, 6.07) is 16.1. The molecule has 52 heavy (non-hydrogen) atoms. The molecule has 11 nitrogen and oxygen atoms in total. The zero-order valence-corrected chi connectivity index (χ0v) is 30.7. The minimum absolute atomic E-state index is 0.0694. The summed E-state index contributed by atoms with van der Waals surface area (Å²) < 4.78 is 5.92. The van der Waals surface area contributed by atoms with Gasteiger partial charge < -0.3 is 40.9 Å². The van der Waals surface area contributed by atoms with Gasteiger partial charge in [-0.3, -0.25) is 4.79 Å². The Balaban J connectivity index is 0.890. The predicted molar refractivity (Wildman–Crippen MR) is 208 cm³/mol. The first kappa shape index (κ1) is 36.1. The van der Waals surface area contributed by atoms with Crippen LogP contribution in [-0.4, -0.2) is 64.9 Å². The standard InChI is InChI=1S/C39H46N6O5S2/c40-31-23-26(24-42-16-13-25-9-11-32(46)36-29(25)10-12-35(47)43-36)28-5-1-6-30(28)37(31)45(41)18-4-17-44-19-14-27(15-20-44)50-38(48)39(49,33-7-2-21-51-33)34-8-3-22-52-34/h2-3,7-12,21-23,27,42,46,49H,1,4-6,13-20,24,40-41H2,(H,43,47). The van der Waals surface area contributed by atoms with E-state index in [0.717, 1.165) is 74.9 Å². The quantitative estimate of drug-likeness (QED) is 0.0306. The number of anilines is 2. The van der Waals surface area contributed by atoms with E-state index in [-0.39, 0.29) is 17.4 Å². The number of ether oxygens (including phenoxy) is 1. The summed E-state index contributed by atoms with van der Waals surface area (Å²) in [6.07, 6.45) is 5.83. The van der Waals surface area contributed by atoms with Crippen LogP contribution in [-0.2, 0) is 40.9 Å². The van der Waals surface area contributed by atoms with Crippen LogP contribution >= 0.6 is 22.7 Å². The third kappa shape index (κ3) is 7.47. The number of hydrogen-bond acceptors (Lipinski definition) is 12. The largest absolute Gasteiger partial charge is 0.506 e. The highest BCUT2D eigenvalue weighted by Crippen LogP contribution is 2.39. The average molecular weight is 743 g/mol. The Hall–Kier alpha value is -4.24. The van der Waals surface area contributed by atoms with E-state index in [4.69, 9.17) is 16.3 Å². The third-order valence-electron chi connectivity index (χ3n) is 10.4. The molecule has 1 fully saturated rings. The number of nitrogens with one attached hydrogen (secondary N) is 2. The maximum atomic E-state index is 13.4. The zero-order valence-electron chi connectivity index (χ0n) is 29.1. The van der Waals surface area contributed by atoms with Crippen molar-refractivity contribution in [3.05, 3.63) is 108 Å². The highest BCUT2D eigenvalue weighted by molar-refractivity contribution is 7.12. The molecule has 1 aliphatic carbocycles. The van der Waals surface area contributed by atoms with Gasteiger partial charge in [0.2, 0.25) is 11.2 Å². The molecule has 8 N–H and O–H groups in total. The molecule has 0 bridgehead atoms. The number of hydrogen-bond donors (Lipinski definition) is 6. The number of esters is 1. The fraction of sp³-hybridized carbons (Fsp3) is 0.385. The molecule has 274 valence electrons. The number of phenols is 1. The monoisotopic (exact) mass is 742 g/mol.